The van der Waals surface area contributed by atoms with Crippen molar-refractivity contribution in [2.45, 2.75) is 32.1 Å². The van der Waals surface area contributed by atoms with E-state index in [1.54, 1.807) is 0 Å². The first-order valence-corrected chi connectivity index (χ1v) is 10.8. The number of benzene rings is 2. The highest BCUT2D eigenvalue weighted by molar-refractivity contribution is 7.15. The molecule has 6 nitrogen and oxygen atoms in total. The Labute approximate surface area is 179 Å². The lowest BCUT2D eigenvalue weighted by atomic mass is 10.0. The number of aromatic nitrogens is 1. The molecule has 0 spiro atoms. The largest absolute Gasteiger partial charge is 0.494 e. The summed E-state index contributed by atoms with van der Waals surface area (Å²) in [7, 11) is 0. The van der Waals surface area contributed by atoms with Crippen LogP contribution >= 0.6 is 11.3 Å². The molecule has 0 saturated heterocycles. The summed E-state index contributed by atoms with van der Waals surface area (Å²) in [6.45, 7) is 0.454. The Morgan fingerprint density at radius 3 is 2.90 bits per heavy atom. The van der Waals surface area contributed by atoms with Gasteiger partial charge in [-0.15, -0.1) is 11.3 Å². The number of fused-ring (bicyclic) bond motifs is 1. The molecule has 2 aromatic carbocycles. The minimum atomic E-state index is -0.0626. The van der Waals surface area contributed by atoms with Gasteiger partial charge in [-0.3, -0.25) is 9.59 Å². The smallest absolute Gasteiger partial charge is 0.226 e. The maximum absolute atomic E-state index is 12.2. The number of nitrogens with zero attached hydrogens (tertiary/aromatic N) is 1. The zero-order valence-corrected chi connectivity index (χ0v) is 17.3. The molecule has 2 N–H and O–H groups in total. The third-order valence-corrected chi connectivity index (χ3v) is 5.72. The van der Waals surface area contributed by atoms with Gasteiger partial charge >= 0.3 is 0 Å². The molecule has 2 amide bonds. The van der Waals surface area contributed by atoms with Crippen LogP contribution in [0.2, 0.25) is 0 Å². The zero-order valence-electron chi connectivity index (χ0n) is 16.5. The SMILES string of the molecule is O=C(CCCOc1ccc2c(c1)CCC(=O)N2)Nc1ncc(Cc2ccccc2)s1. The lowest BCUT2D eigenvalue weighted by Gasteiger charge is -2.17. The molecule has 0 unspecified atom stereocenters. The van der Waals surface area contributed by atoms with Crippen molar-refractivity contribution in [1.29, 1.82) is 0 Å². The first kappa shape index (κ1) is 20.1. The van der Waals surface area contributed by atoms with E-state index < -0.39 is 0 Å². The molecule has 3 aromatic rings. The first-order valence-electron chi connectivity index (χ1n) is 10.00. The van der Waals surface area contributed by atoms with E-state index in [0.717, 1.165) is 34.7 Å². The van der Waals surface area contributed by atoms with Crippen LogP contribution in [0.1, 0.15) is 35.3 Å². The van der Waals surface area contributed by atoms with E-state index in [9.17, 15) is 9.59 Å². The number of nitrogens with one attached hydrogen (secondary N) is 2. The highest BCUT2D eigenvalue weighted by Crippen LogP contribution is 2.27. The van der Waals surface area contributed by atoms with Crippen molar-refractivity contribution in [3.63, 3.8) is 0 Å². The Balaban J connectivity index is 1.19. The number of hydrogen-bond acceptors (Lipinski definition) is 5. The lowest BCUT2D eigenvalue weighted by Crippen LogP contribution is -2.18. The minimum absolute atomic E-state index is 0.0506. The van der Waals surface area contributed by atoms with Crippen LogP contribution in [-0.4, -0.2) is 23.4 Å². The van der Waals surface area contributed by atoms with E-state index in [4.69, 9.17) is 4.74 Å². The number of ether oxygens (including phenoxy) is 1. The third kappa shape index (κ3) is 5.45. The lowest BCUT2D eigenvalue weighted by molar-refractivity contribution is -0.117. The number of carbonyl (C=O) groups excluding carboxylic acids is 2. The van der Waals surface area contributed by atoms with Crippen LogP contribution in [0.3, 0.4) is 0 Å². The average molecular weight is 422 g/mol. The molecule has 2 heterocycles. The molecular weight excluding hydrogens is 398 g/mol. The van der Waals surface area contributed by atoms with Crippen LogP contribution in [-0.2, 0) is 22.4 Å². The van der Waals surface area contributed by atoms with Gasteiger partial charge in [-0.1, -0.05) is 30.3 Å². The van der Waals surface area contributed by atoms with E-state index in [1.165, 1.54) is 16.9 Å². The second-order valence-corrected chi connectivity index (χ2v) is 8.28. The average Bonchev–Trinajstić information content (AvgIpc) is 3.18. The Bertz CT molecular complexity index is 1030. The Hall–Kier alpha value is -3.19. The van der Waals surface area contributed by atoms with Crippen LogP contribution in [0.15, 0.2) is 54.7 Å². The van der Waals surface area contributed by atoms with Crippen molar-refractivity contribution < 1.29 is 14.3 Å². The van der Waals surface area contributed by atoms with E-state index in [1.807, 2.05) is 42.6 Å². The number of carbonyl (C=O) groups is 2. The highest BCUT2D eigenvalue weighted by Gasteiger charge is 2.15. The van der Waals surface area contributed by atoms with E-state index in [-0.39, 0.29) is 11.8 Å². The van der Waals surface area contributed by atoms with Gasteiger partial charge in [0, 0.05) is 36.0 Å². The fourth-order valence-corrected chi connectivity index (χ4v) is 4.16. The quantitative estimate of drug-likeness (QED) is 0.528. The van der Waals surface area contributed by atoms with E-state index >= 15 is 0 Å². The number of rotatable bonds is 8. The van der Waals surface area contributed by atoms with Gasteiger partial charge in [0.2, 0.25) is 11.8 Å². The van der Waals surface area contributed by atoms with E-state index in [0.29, 0.717) is 31.0 Å². The molecule has 0 radical (unpaired) electrons. The molecule has 1 aliphatic heterocycles. The second-order valence-electron chi connectivity index (χ2n) is 7.16. The summed E-state index contributed by atoms with van der Waals surface area (Å²) >= 11 is 1.50. The number of anilines is 2. The Morgan fingerprint density at radius 1 is 1.17 bits per heavy atom. The molecule has 0 fully saturated rings. The number of hydrogen-bond donors (Lipinski definition) is 2. The summed E-state index contributed by atoms with van der Waals surface area (Å²) in [4.78, 5) is 29.0. The fourth-order valence-electron chi connectivity index (χ4n) is 3.30. The number of amides is 2. The molecule has 154 valence electrons. The second kappa shape index (κ2) is 9.54. The molecule has 0 aliphatic carbocycles. The topological polar surface area (TPSA) is 80.3 Å². The summed E-state index contributed by atoms with van der Waals surface area (Å²) in [5, 5.41) is 6.35. The van der Waals surface area contributed by atoms with Crippen molar-refractivity contribution in [1.82, 2.24) is 4.98 Å². The predicted octanol–water partition coefficient (Wildman–Crippen LogP) is 4.42. The van der Waals surface area contributed by atoms with Gasteiger partial charge in [-0.2, -0.15) is 0 Å². The summed E-state index contributed by atoms with van der Waals surface area (Å²) in [6, 6.07) is 15.9. The van der Waals surface area contributed by atoms with Gasteiger partial charge in [-0.05, 0) is 42.2 Å². The van der Waals surface area contributed by atoms with Crippen molar-refractivity contribution in [3.05, 3.63) is 70.7 Å². The standard InChI is InChI=1S/C23H23N3O3S/c27-21(26-23-24-15-19(30-23)13-16-5-2-1-3-6-16)7-4-12-29-18-9-10-20-17(14-18)8-11-22(28)25-20/h1-3,5-6,9-10,14-15H,4,7-8,11-13H2,(H,25,28)(H,24,26,27). The molecule has 0 bridgehead atoms. The molecule has 0 atom stereocenters. The number of aryl methyl sites for hydroxylation is 1. The van der Waals surface area contributed by atoms with Crippen molar-refractivity contribution in [3.8, 4) is 5.75 Å². The van der Waals surface area contributed by atoms with Crippen molar-refractivity contribution in [2.75, 3.05) is 17.2 Å². The molecule has 1 aromatic heterocycles. The normalized spacial score (nSPS) is 12.7. The van der Waals surface area contributed by atoms with Crippen molar-refractivity contribution in [2.24, 2.45) is 0 Å². The minimum Gasteiger partial charge on any atom is -0.494 e. The molecule has 4 rings (SSSR count). The van der Waals surface area contributed by atoms with Crippen LogP contribution < -0.4 is 15.4 Å². The van der Waals surface area contributed by atoms with Crippen LogP contribution in [0, 0.1) is 0 Å². The van der Waals surface area contributed by atoms with Gasteiger partial charge in [0.25, 0.3) is 0 Å². The van der Waals surface area contributed by atoms with Gasteiger partial charge in [0.05, 0.1) is 6.61 Å². The van der Waals surface area contributed by atoms with E-state index in [2.05, 4.69) is 27.8 Å². The zero-order chi connectivity index (χ0) is 20.8. The van der Waals surface area contributed by atoms with Gasteiger partial charge in [-0.25, -0.2) is 4.98 Å². The maximum atomic E-state index is 12.2. The molecule has 1 aliphatic rings. The third-order valence-electron chi connectivity index (χ3n) is 4.81. The fraction of sp³-hybridized carbons (Fsp3) is 0.261. The van der Waals surface area contributed by atoms with Gasteiger partial charge < -0.3 is 15.4 Å². The summed E-state index contributed by atoms with van der Waals surface area (Å²) in [5.74, 6) is 0.748. The maximum Gasteiger partial charge on any atom is 0.226 e. The molecule has 7 heteroatoms. The van der Waals surface area contributed by atoms with Crippen LogP contribution in [0.25, 0.3) is 0 Å². The molecular formula is C23H23N3O3S. The summed E-state index contributed by atoms with van der Waals surface area (Å²) in [6.07, 6.45) is 4.83. The van der Waals surface area contributed by atoms with Crippen molar-refractivity contribution >= 4 is 34.0 Å². The highest BCUT2D eigenvalue weighted by atomic mass is 32.1. The summed E-state index contributed by atoms with van der Waals surface area (Å²) in [5.41, 5.74) is 3.16. The number of thiazole rings is 1. The molecule has 30 heavy (non-hydrogen) atoms. The van der Waals surface area contributed by atoms with Gasteiger partial charge in [0.15, 0.2) is 5.13 Å². The predicted molar refractivity (Wildman–Crippen MR) is 118 cm³/mol. The van der Waals surface area contributed by atoms with Gasteiger partial charge in [0.1, 0.15) is 5.75 Å². The Morgan fingerprint density at radius 2 is 2.03 bits per heavy atom. The summed E-state index contributed by atoms with van der Waals surface area (Å²) < 4.78 is 5.76. The first-order chi connectivity index (χ1) is 14.7. The van der Waals surface area contributed by atoms with Crippen LogP contribution in [0.5, 0.6) is 5.75 Å². The molecule has 0 saturated carbocycles. The monoisotopic (exact) mass is 421 g/mol. The van der Waals surface area contributed by atoms with Crippen LogP contribution in [0.4, 0.5) is 10.8 Å². The Kier molecular flexibility index (Phi) is 6.39.